The summed E-state index contributed by atoms with van der Waals surface area (Å²) in [6, 6.07) is 8.28. The van der Waals surface area contributed by atoms with Crippen LogP contribution in [0.25, 0.3) is 0 Å². The maximum Gasteiger partial charge on any atom is 0.407 e. The third-order valence-corrected chi connectivity index (χ3v) is 6.25. The molecule has 1 atom stereocenters. The molecule has 0 bridgehead atoms. The molecule has 7 nitrogen and oxygen atoms in total. The number of carbonyl (C=O) groups is 1. The van der Waals surface area contributed by atoms with Gasteiger partial charge in [0.25, 0.3) is 0 Å². The molecular formula is C21H34N2O5S. The summed E-state index contributed by atoms with van der Waals surface area (Å²) in [4.78, 5) is 12.0. The van der Waals surface area contributed by atoms with E-state index in [4.69, 9.17) is 4.74 Å². The molecule has 1 amide bonds. The fourth-order valence-electron chi connectivity index (χ4n) is 3.64. The Hall–Kier alpha value is -1.64. The van der Waals surface area contributed by atoms with E-state index in [9.17, 15) is 18.3 Å². The fraction of sp³-hybridized carbons (Fsp3) is 0.667. The van der Waals surface area contributed by atoms with E-state index in [0.29, 0.717) is 18.4 Å². The predicted molar refractivity (Wildman–Crippen MR) is 113 cm³/mol. The molecule has 0 heterocycles. The van der Waals surface area contributed by atoms with Crippen molar-refractivity contribution in [3.8, 4) is 0 Å². The summed E-state index contributed by atoms with van der Waals surface area (Å²) in [6.45, 7) is 5.33. The fourth-order valence-corrected chi connectivity index (χ4v) is 5.03. The summed E-state index contributed by atoms with van der Waals surface area (Å²) in [7, 11) is -3.65. The molecule has 3 N–H and O–H groups in total. The van der Waals surface area contributed by atoms with Crippen molar-refractivity contribution in [2.45, 2.75) is 82.3 Å². The van der Waals surface area contributed by atoms with Gasteiger partial charge in [-0.2, -0.15) is 0 Å². The minimum atomic E-state index is -3.65. The van der Waals surface area contributed by atoms with Crippen molar-refractivity contribution in [1.82, 2.24) is 10.0 Å². The van der Waals surface area contributed by atoms with Gasteiger partial charge in [0.05, 0.1) is 11.4 Å². The van der Waals surface area contributed by atoms with Crippen LogP contribution in [0.2, 0.25) is 0 Å². The molecule has 0 radical (unpaired) electrons. The van der Waals surface area contributed by atoms with E-state index in [-0.39, 0.29) is 18.7 Å². The molecule has 0 saturated heterocycles. The third kappa shape index (κ3) is 9.14. The molecule has 0 aromatic heterocycles. The number of hydrogen-bond donors (Lipinski definition) is 3. The van der Waals surface area contributed by atoms with Crippen LogP contribution in [0.15, 0.2) is 30.3 Å². The van der Waals surface area contributed by atoms with Gasteiger partial charge in [0.15, 0.2) is 0 Å². The van der Waals surface area contributed by atoms with E-state index in [1.165, 1.54) is 0 Å². The molecule has 1 aromatic carbocycles. The Bertz CT molecular complexity index is 753. The monoisotopic (exact) mass is 426 g/mol. The number of sulfonamides is 1. The largest absolute Gasteiger partial charge is 0.444 e. The molecule has 2 rings (SSSR count). The highest BCUT2D eigenvalue weighted by atomic mass is 32.2. The van der Waals surface area contributed by atoms with Crippen LogP contribution >= 0.6 is 0 Å². The molecule has 29 heavy (non-hydrogen) atoms. The molecule has 1 unspecified atom stereocenters. The summed E-state index contributed by atoms with van der Waals surface area (Å²) in [5, 5.41) is 13.5. The normalized spacial score (nSPS) is 18.1. The van der Waals surface area contributed by atoms with Crippen molar-refractivity contribution in [3.05, 3.63) is 35.9 Å². The lowest BCUT2D eigenvalue weighted by Gasteiger charge is -2.35. The Morgan fingerprint density at radius 2 is 1.79 bits per heavy atom. The van der Waals surface area contributed by atoms with Gasteiger partial charge in [0.1, 0.15) is 5.60 Å². The van der Waals surface area contributed by atoms with Crippen molar-refractivity contribution in [1.29, 1.82) is 0 Å². The zero-order chi connectivity index (χ0) is 21.5. The number of aliphatic hydroxyl groups is 1. The summed E-state index contributed by atoms with van der Waals surface area (Å²) >= 11 is 0. The first-order valence-electron chi connectivity index (χ1n) is 10.2. The maximum atomic E-state index is 12.7. The first kappa shape index (κ1) is 23.6. The van der Waals surface area contributed by atoms with E-state index < -0.39 is 33.4 Å². The van der Waals surface area contributed by atoms with E-state index >= 15 is 0 Å². The number of hydrogen-bond acceptors (Lipinski definition) is 5. The average Bonchev–Trinajstić information content (AvgIpc) is 2.59. The van der Waals surface area contributed by atoms with E-state index in [1.54, 1.807) is 45.0 Å². The second-order valence-corrected chi connectivity index (χ2v) is 10.7. The predicted octanol–water partition coefficient (Wildman–Crippen LogP) is 3.08. The Morgan fingerprint density at radius 3 is 2.38 bits per heavy atom. The van der Waals surface area contributed by atoms with Crippen molar-refractivity contribution in [3.63, 3.8) is 0 Å². The minimum Gasteiger partial charge on any atom is -0.444 e. The second kappa shape index (κ2) is 9.91. The minimum absolute atomic E-state index is 0.0469. The van der Waals surface area contributed by atoms with Gasteiger partial charge < -0.3 is 15.2 Å². The Labute approximate surface area is 174 Å². The first-order chi connectivity index (χ1) is 13.5. The summed E-state index contributed by atoms with van der Waals surface area (Å²) in [6.07, 6.45) is 3.81. The van der Waals surface area contributed by atoms with Gasteiger partial charge >= 0.3 is 6.09 Å². The molecule has 0 spiro atoms. The molecule has 164 valence electrons. The molecule has 1 aliphatic rings. The number of rotatable bonds is 8. The molecular weight excluding hydrogens is 392 g/mol. The Balaban J connectivity index is 2.05. The number of benzene rings is 1. The molecule has 1 fully saturated rings. The lowest BCUT2D eigenvalue weighted by atomic mass is 9.80. The quantitative estimate of drug-likeness (QED) is 0.592. The molecule has 1 saturated carbocycles. The van der Waals surface area contributed by atoms with Crippen LogP contribution in [0.5, 0.6) is 0 Å². The summed E-state index contributed by atoms with van der Waals surface area (Å²) in [5.74, 6) is -0.158. The smallest absolute Gasteiger partial charge is 0.407 e. The van der Waals surface area contributed by atoms with Crippen LogP contribution in [0.3, 0.4) is 0 Å². The Morgan fingerprint density at radius 1 is 1.17 bits per heavy atom. The average molecular weight is 427 g/mol. The zero-order valence-corrected chi connectivity index (χ0v) is 18.4. The first-order valence-corrected chi connectivity index (χ1v) is 11.8. The highest BCUT2D eigenvalue weighted by Crippen LogP contribution is 2.32. The van der Waals surface area contributed by atoms with Crippen LogP contribution in [-0.4, -0.2) is 43.4 Å². The van der Waals surface area contributed by atoms with Crippen LogP contribution < -0.4 is 10.0 Å². The zero-order valence-electron chi connectivity index (χ0n) is 17.6. The number of nitrogens with one attached hydrogen (secondary N) is 2. The van der Waals surface area contributed by atoms with Crippen LogP contribution in [0.1, 0.15) is 64.9 Å². The van der Waals surface area contributed by atoms with Crippen molar-refractivity contribution in [2.75, 3.05) is 6.54 Å². The third-order valence-electron chi connectivity index (χ3n) is 4.85. The van der Waals surface area contributed by atoms with Crippen molar-refractivity contribution >= 4 is 16.1 Å². The number of ether oxygens (including phenoxy) is 1. The van der Waals surface area contributed by atoms with E-state index in [0.717, 1.165) is 19.3 Å². The molecule has 1 aliphatic carbocycles. The van der Waals surface area contributed by atoms with Gasteiger partial charge in [-0.1, -0.05) is 49.6 Å². The van der Waals surface area contributed by atoms with Crippen molar-refractivity contribution in [2.24, 2.45) is 0 Å². The van der Waals surface area contributed by atoms with Crippen LogP contribution in [-0.2, 0) is 20.5 Å². The van der Waals surface area contributed by atoms with E-state index in [2.05, 4.69) is 10.0 Å². The summed E-state index contributed by atoms with van der Waals surface area (Å²) in [5.41, 5.74) is -0.892. The van der Waals surface area contributed by atoms with E-state index in [1.807, 2.05) is 6.07 Å². The maximum absolute atomic E-state index is 12.7. The topological polar surface area (TPSA) is 105 Å². The highest BCUT2D eigenvalue weighted by molar-refractivity contribution is 7.88. The second-order valence-electron chi connectivity index (χ2n) is 8.93. The molecule has 8 heteroatoms. The van der Waals surface area contributed by atoms with Gasteiger partial charge in [0.2, 0.25) is 10.0 Å². The Kier molecular flexibility index (Phi) is 8.08. The van der Waals surface area contributed by atoms with Crippen molar-refractivity contribution < 1.29 is 23.1 Å². The van der Waals surface area contributed by atoms with Crippen LogP contribution in [0, 0.1) is 0 Å². The number of alkyl carbamates (subject to hydrolysis) is 1. The lowest BCUT2D eigenvalue weighted by molar-refractivity contribution is -0.0109. The molecule has 1 aromatic rings. The number of amides is 1. The number of carbonyl (C=O) groups excluding carboxylic acids is 1. The lowest BCUT2D eigenvalue weighted by Crippen LogP contribution is -2.49. The van der Waals surface area contributed by atoms with Gasteiger partial charge in [-0.05, 0) is 45.6 Å². The van der Waals surface area contributed by atoms with Gasteiger partial charge in [0, 0.05) is 12.6 Å². The van der Waals surface area contributed by atoms with Gasteiger partial charge in [-0.3, -0.25) is 0 Å². The standard InChI is InChI=1S/C21H34N2O5S/c1-20(2,3)28-19(24)22-15-18(14-21(25)12-8-5-9-13-21)23-29(26,27)16-17-10-6-4-7-11-17/h4,6-7,10-11,18,23,25H,5,8-9,12-16H2,1-3H3,(H,22,24). The SMILES string of the molecule is CC(C)(C)OC(=O)NCC(CC1(O)CCCCC1)NS(=O)(=O)Cc1ccccc1. The van der Waals surface area contributed by atoms with Crippen LogP contribution in [0.4, 0.5) is 4.79 Å². The van der Waals surface area contributed by atoms with Gasteiger partial charge in [-0.25, -0.2) is 17.9 Å². The highest BCUT2D eigenvalue weighted by Gasteiger charge is 2.34. The summed E-state index contributed by atoms with van der Waals surface area (Å²) < 4.78 is 33.3. The molecule has 0 aliphatic heterocycles. The van der Waals surface area contributed by atoms with Gasteiger partial charge in [-0.15, -0.1) is 0 Å².